The fourth-order valence-corrected chi connectivity index (χ4v) is 3.69. The van der Waals surface area contributed by atoms with E-state index < -0.39 is 0 Å². The maximum atomic E-state index is 5.95. The number of benzene rings is 1. The number of hydrogen-bond acceptors (Lipinski definition) is 3. The zero-order valence-corrected chi connectivity index (χ0v) is 12.3. The highest BCUT2D eigenvalue weighted by molar-refractivity contribution is 9.10. The molecule has 2 rings (SSSR count). The summed E-state index contributed by atoms with van der Waals surface area (Å²) in [6.07, 6.45) is 5.27. The average Bonchev–Trinajstić information content (AvgIpc) is 2.35. The molecule has 94 valence electrons. The summed E-state index contributed by atoms with van der Waals surface area (Å²) >= 11 is 5.34. The molecule has 3 N–H and O–H groups in total. The summed E-state index contributed by atoms with van der Waals surface area (Å²) in [7, 11) is 0. The fourth-order valence-electron chi connectivity index (χ4n) is 2.11. The Morgan fingerprint density at radius 3 is 3.06 bits per heavy atom. The van der Waals surface area contributed by atoms with Crippen LogP contribution in [-0.2, 0) is 0 Å². The largest absolute Gasteiger partial charge is 0.398 e. The van der Waals surface area contributed by atoms with Gasteiger partial charge in [-0.25, -0.2) is 0 Å². The second-order valence-electron chi connectivity index (χ2n) is 4.47. The van der Waals surface area contributed by atoms with Gasteiger partial charge in [0.15, 0.2) is 0 Å². The van der Waals surface area contributed by atoms with E-state index in [0.717, 1.165) is 15.9 Å². The summed E-state index contributed by atoms with van der Waals surface area (Å²) < 4.78 is 1.10. The van der Waals surface area contributed by atoms with E-state index in [1.165, 1.54) is 37.1 Å². The van der Waals surface area contributed by atoms with Gasteiger partial charge in [-0.3, -0.25) is 0 Å². The molecule has 1 aliphatic rings. The first-order valence-corrected chi connectivity index (χ1v) is 7.95. The third kappa shape index (κ3) is 4.19. The molecule has 0 aromatic heterocycles. The Morgan fingerprint density at radius 1 is 1.41 bits per heavy atom. The number of nitrogens with one attached hydrogen (secondary N) is 1. The van der Waals surface area contributed by atoms with E-state index >= 15 is 0 Å². The molecule has 17 heavy (non-hydrogen) atoms. The molecule has 1 atom stereocenters. The van der Waals surface area contributed by atoms with Crippen LogP contribution in [0.5, 0.6) is 0 Å². The monoisotopic (exact) mass is 314 g/mol. The van der Waals surface area contributed by atoms with Crippen LogP contribution in [-0.4, -0.2) is 18.3 Å². The van der Waals surface area contributed by atoms with Crippen LogP contribution in [0.1, 0.15) is 25.7 Å². The molecule has 1 aromatic rings. The second-order valence-corrected chi connectivity index (χ2v) is 6.52. The Balaban J connectivity index is 1.79. The van der Waals surface area contributed by atoms with Crippen LogP contribution in [0.15, 0.2) is 27.6 Å². The predicted molar refractivity (Wildman–Crippen MR) is 79.5 cm³/mol. The van der Waals surface area contributed by atoms with Crippen molar-refractivity contribution in [3.05, 3.63) is 22.7 Å². The minimum Gasteiger partial charge on any atom is -0.398 e. The molecule has 0 aliphatic carbocycles. The highest BCUT2D eigenvalue weighted by Crippen LogP contribution is 2.29. The van der Waals surface area contributed by atoms with E-state index in [1.807, 2.05) is 23.9 Å². The van der Waals surface area contributed by atoms with Gasteiger partial charge < -0.3 is 11.1 Å². The predicted octanol–water partition coefficient (Wildman–Crippen LogP) is 3.66. The van der Waals surface area contributed by atoms with Gasteiger partial charge >= 0.3 is 0 Å². The zero-order chi connectivity index (χ0) is 12.1. The summed E-state index contributed by atoms with van der Waals surface area (Å²) in [6.45, 7) is 1.19. The molecule has 1 aliphatic heterocycles. The van der Waals surface area contributed by atoms with Crippen molar-refractivity contribution in [3.8, 4) is 0 Å². The first-order chi connectivity index (χ1) is 8.25. The van der Waals surface area contributed by atoms with Crippen molar-refractivity contribution in [3.63, 3.8) is 0 Å². The molecule has 1 heterocycles. The summed E-state index contributed by atoms with van der Waals surface area (Å²) in [5.74, 6) is 1.14. The molecule has 0 bridgehead atoms. The van der Waals surface area contributed by atoms with Crippen LogP contribution >= 0.6 is 27.7 Å². The van der Waals surface area contributed by atoms with E-state index in [2.05, 4.69) is 27.3 Å². The molecule has 0 spiro atoms. The van der Waals surface area contributed by atoms with Gasteiger partial charge in [0.1, 0.15) is 0 Å². The molecule has 0 amide bonds. The standard InChI is InChI=1S/C13H19BrN2S/c14-10-4-5-12(15)13(9-10)17-8-6-11-3-1-2-7-16-11/h4-5,9,11,16H,1-3,6-8,15H2. The fraction of sp³-hybridized carbons (Fsp3) is 0.538. The molecule has 1 saturated heterocycles. The normalized spacial score (nSPS) is 20.4. The summed E-state index contributed by atoms with van der Waals surface area (Å²) in [5.41, 5.74) is 6.84. The van der Waals surface area contributed by atoms with Crippen LogP contribution < -0.4 is 11.1 Å². The number of halogens is 1. The number of anilines is 1. The minimum absolute atomic E-state index is 0.713. The first kappa shape index (κ1) is 13.2. The summed E-state index contributed by atoms with van der Waals surface area (Å²) in [4.78, 5) is 1.19. The van der Waals surface area contributed by atoms with E-state index in [4.69, 9.17) is 5.73 Å². The van der Waals surface area contributed by atoms with E-state index in [0.29, 0.717) is 6.04 Å². The Morgan fingerprint density at radius 2 is 2.29 bits per heavy atom. The first-order valence-electron chi connectivity index (χ1n) is 6.17. The third-order valence-corrected chi connectivity index (χ3v) is 4.71. The Kier molecular flexibility index (Phi) is 5.19. The van der Waals surface area contributed by atoms with Gasteiger partial charge in [-0.05, 0) is 49.8 Å². The Hall–Kier alpha value is -0.190. The van der Waals surface area contributed by atoms with Gasteiger partial charge in [0.2, 0.25) is 0 Å². The molecule has 1 unspecified atom stereocenters. The van der Waals surface area contributed by atoms with Gasteiger partial charge in [0.05, 0.1) is 0 Å². The third-order valence-electron chi connectivity index (χ3n) is 3.11. The zero-order valence-electron chi connectivity index (χ0n) is 9.92. The number of piperidine rings is 1. The quantitative estimate of drug-likeness (QED) is 0.658. The lowest BCUT2D eigenvalue weighted by molar-refractivity contribution is 0.395. The van der Waals surface area contributed by atoms with Gasteiger partial charge in [-0.1, -0.05) is 22.4 Å². The van der Waals surface area contributed by atoms with Crippen molar-refractivity contribution < 1.29 is 0 Å². The van der Waals surface area contributed by atoms with Crippen LogP contribution in [0.2, 0.25) is 0 Å². The molecule has 1 aromatic carbocycles. The minimum atomic E-state index is 0.713. The van der Waals surface area contributed by atoms with Crippen LogP contribution in [0.3, 0.4) is 0 Å². The maximum absolute atomic E-state index is 5.95. The molecule has 1 fully saturated rings. The molecular weight excluding hydrogens is 296 g/mol. The molecule has 4 heteroatoms. The lowest BCUT2D eigenvalue weighted by Gasteiger charge is -2.23. The second kappa shape index (κ2) is 6.66. The topological polar surface area (TPSA) is 38.0 Å². The highest BCUT2D eigenvalue weighted by atomic mass is 79.9. The molecular formula is C13H19BrN2S. The van der Waals surface area contributed by atoms with E-state index in [-0.39, 0.29) is 0 Å². The van der Waals surface area contributed by atoms with Crippen LogP contribution in [0, 0.1) is 0 Å². The number of rotatable bonds is 4. The summed E-state index contributed by atoms with van der Waals surface area (Å²) in [6, 6.07) is 6.77. The maximum Gasteiger partial charge on any atom is 0.0453 e. The van der Waals surface area contributed by atoms with Crippen molar-refractivity contribution in [2.24, 2.45) is 0 Å². The van der Waals surface area contributed by atoms with Crippen molar-refractivity contribution in [2.75, 3.05) is 18.0 Å². The molecule has 0 radical (unpaired) electrons. The van der Waals surface area contributed by atoms with Crippen molar-refractivity contribution >= 4 is 33.4 Å². The Labute approximate surface area is 116 Å². The van der Waals surface area contributed by atoms with Crippen molar-refractivity contribution in [1.29, 1.82) is 0 Å². The van der Waals surface area contributed by atoms with Gasteiger partial charge in [0.25, 0.3) is 0 Å². The summed E-state index contributed by atoms with van der Waals surface area (Å²) in [5, 5.41) is 3.58. The smallest absolute Gasteiger partial charge is 0.0453 e. The number of nitrogens with two attached hydrogens (primary N) is 1. The molecule has 0 saturated carbocycles. The highest BCUT2D eigenvalue weighted by Gasteiger charge is 2.12. The van der Waals surface area contributed by atoms with Crippen LogP contribution in [0.25, 0.3) is 0 Å². The van der Waals surface area contributed by atoms with Gasteiger partial charge in [-0.15, -0.1) is 11.8 Å². The van der Waals surface area contributed by atoms with E-state index in [1.54, 1.807) is 0 Å². The average molecular weight is 315 g/mol. The lowest BCUT2D eigenvalue weighted by Crippen LogP contribution is -2.34. The van der Waals surface area contributed by atoms with Crippen molar-refractivity contribution in [2.45, 2.75) is 36.6 Å². The van der Waals surface area contributed by atoms with Crippen molar-refractivity contribution in [1.82, 2.24) is 5.32 Å². The SMILES string of the molecule is Nc1ccc(Br)cc1SCCC1CCCCN1. The van der Waals surface area contributed by atoms with Gasteiger partial charge in [-0.2, -0.15) is 0 Å². The van der Waals surface area contributed by atoms with E-state index in [9.17, 15) is 0 Å². The van der Waals surface area contributed by atoms with Gasteiger partial charge in [0, 0.05) is 21.1 Å². The molecule has 2 nitrogen and oxygen atoms in total. The Bertz CT molecular complexity index is 364. The van der Waals surface area contributed by atoms with Crippen LogP contribution in [0.4, 0.5) is 5.69 Å². The number of nitrogen functional groups attached to an aromatic ring is 1. The number of hydrogen-bond donors (Lipinski definition) is 2. The number of thioether (sulfide) groups is 1. The lowest BCUT2D eigenvalue weighted by atomic mass is 10.0.